The number of aromatic nitrogens is 2. The second-order valence-electron chi connectivity index (χ2n) is 3.41. The number of hydrogen-bond acceptors (Lipinski definition) is 2. The van der Waals surface area contributed by atoms with E-state index < -0.39 is 6.10 Å². The Labute approximate surface area is 77.7 Å². The van der Waals surface area contributed by atoms with Gasteiger partial charge in [-0.05, 0) is 12.8 Å². The summed E-state index contributed by atoms with van der Waals surface area (Å²) in [6.45, 7) is 4.58. The number of aliphatic hydroxyl groups excluding tert-OH is 1. The largest absolute Gasteiger partial charge is 0.383 e. The minimum absolute atomic E-state index is 0.613. The van der Waals surface area contributed by atoms with Crippen LogP contribution in [0.25, 0.3) is 0 Å². The van der Waals surface area contributed by atoms with Crippen LogP contribution in [0.1, 0.15) is 30.5 Å². The fourth-order valence-corrected chi connectivity index (χ4v) is 1.70. The lowest BCUT2D eigenvalue weighted by atomic mass is 10.2. The maximum absolute atomic E-state index is 9.48. The number of rotatable bonds is 2. The molecule has 0 aromatic carbocycles. The lowest BCUT2D eigenvalue weighted by Gasteiger charge is -2.11. The van der Waals surface area contributed by atoms with E-state index in [9.17, 15) is 5.11 Å². The van der Waals surface area contributed by atoms with Crippen LogP contribution >= 0.6 is 0 Å². The monoisotopic (exact) mass is 178 g/mol. The molecule has 1 aromatic rings. The molecule has 0 bridgehead atoms. The average molecular weight is 178 g/mol. The first-order chi connectivity index (χ1) is 6.31. The Morgan fingerprint density at radius 2 is 2.46 bits per heavy atom. The summed E-state index contributed by atoms with van der Waals surface area (Å²) in [6, 6.07) is 0. The van der Waals surface area contributed by atoms with Crippen LogP contribution in [0.2, 0.25) is 0 Å². The molecule has 1 atom stereocenters. The van der Waals surface area contributed by atoms with E-state index >= 15 is 0 Å². The zero-order valence-corrected chi connectivity index (χ0v) is 7.61. The summed E-state index contributed by atoms with van der Waals surface area (Å²) in [5, 5.41) is 9.48. The molecule has 0 fully saturated rings. The van der Waals surface area contributed by atoms with Gasteiger partial charge in [0.2, 0.25) is 0 Å². The third-order valence-electron chi connectivity index (χ3n) is 2.45. The summed E-state index contributed by atoms with van der Waals surface area (Å²) in [5.41, 5.74) is 0.729. The minimum Gasteiger partial charge on any atom is -0.383 e. The average Bonchev–Trinajstić information content (AvgIpc) is 2.59. The first kappa shape index (κ1) is 8.51. The summed E-state index contributed by atoms with van der Waals surface area (Å²) in [7, 11) is 0. The Balaban J connectivity index is 2.29. The van der Waals surface area contributed by atoms with Gasteiger partial charge in [-0.25, -0.2) is 4.98 Å². The van der Waals surface area contributed by atoms with Crippen LogP contribution in [-0.4, -0.2) is 14.7 Å². The van der Waals surface area contributed by atoms with E-state index in [1.54, 1.807) is 0 Å². The molecule has 3 heteroatoms. The molecule has 2 heterocycles. The number of nitrogens with zero attached hydrogens (tertiary/aromatic N) is 2. The van der Waals surface area contributed by atoms with Gasteiger partial charge in [0.15, 0.2) is 0 Å². The van der Waals surface area contributed by atoms with Crippen LogP contribution in [0.15, 0.2) is 18.9 Å². The van der Waals surface area contributed by atoms with Gasteiger partial charge in [0.05, 0.1) is 5.69 Å². The molecule has 0 amide bonds. The third kappa shape index (κ3) is 1.52. The number of aryl methyl sites for hydroxylation is 2. The van der Waals surface area contributed by atoms with Gasteiger partial charge in [-0.2, -0.15) is 0 Å². The van der Waals surface area contributed by atoms with Crippen LogP contribution in [0.3, 0.4) is 0 Å². The molecule has 0 radical (unpaired) electrons. The van der Waals surface area contributed by atoms with Gasteiger partial charge < -0.3 is 9.67 Å². The van der Waals surface area contributed by atoms with Crippen molar-refractivity contribution in [3.8, 4) is 0 Å². The summed E-state index contributed by atoms with van der Waals surface area (Å²) < 4.78 is 2.13. The van der Waals surface area contributed by atoms with Crippen LogP contribution < -0.4 is 0 Å². The van der Waals surface area contributed by atoms with Gasteiger partial charge in [0.25, 0.3) is 0 Å². The molecule has 0 aliphatic carbocycles. The summed E-state index contributed by atoms with van der Waals surface area (Å²) in [4.78, 5) is 4.36. The van der Waals surface area contributed by atoms with Crippen molar-refractivity contribution in [3.05, 3.63) is 30.4 Å². The maximum atomic E-state index is 9.48. The van der Waals surface area contributed by atoms with E-state index in [-0.39, 0.29) is 0 Å². The second kappa shape index (κ2) is 3.34. The van der Waals surface area contributed by atoms with Gasteiger partial charge in [0, 0.05) is 19.2 Å². The Kier molecular flexibility index (Phi) is 2.19. The Morgan fingerprint density at radius 3 is 3.15 bits per heavy atom. The van der Waals surface area contributed by atoms with Gasteiger partial charge in [0.1, 0.15) is 11.9 Å². The molecule has 1 aliphatic rings. The van der Waals surface area contributed by atoms with Crippen LogP contribution in [0.5, 0.6) is 0 Å². The first-order valence-electron chi connectivity index (χ1n) is 4.68. The van der Waals surface area contributed by atoms with E-state index in [0.717, 1.165) is 24.5 Å². The zero-order valence-electron chi connectivity index (χ0n) is 7.61. The molecular formula is C10H14N2O. The molecule has 3 nitrogen and oxygen atoms in total. The summed E-state index contributed by atoms with van der Waals surface area (Å²) >= 11 is 0. The van der Waals surface area contributed by atoms with Gasteiger partial charge >= 0.3 is 0 Å². The Hall–Kier alpha value is -1.09. The van der Waals surface area contributed by atoms with Gasteiger partial charge in [-0.1, -0.05) is 6.08 Å². The van der Waals surface area contributed by atoms with E-state index in [1.807, 2.05) is 6.20 Å². The molecule has 1 unspecified atom stereocenters. The van der Waals surface area contributed by atoms with Crippen molar-refractivity contribution >= 4 is 0 Å². The fourth-order valence-electron chi connectivity index (χ4n) is 1.70. The van der Waals surface area contributed by atoms with Crippen LogP contribution in [-0.2, 0) is 13.0 Å². The number of fused-ring (bicyclic) bond motifs is 1. The quantitative estimate of drug-likeness (QED) is 0.696. The van der Waals surface area contributed by atoms with Crippen molar-refractivity contribution in [2.75, 3.05) is 0 Å². The first-order valence-corrected chi connectivity index (χ1v) is 4.68. The Morgan fingerprint density at radius 1 is 1.62 bits per heavy atom. The third-order valence-corrected chi connectivity index (χ3v) is 2.45. The number of hydrogen-bond donors (Lipinski definition) is 1. The van der Waals surface area contributed by atoms with Crippen LogP contribution in [0, 0.1) is 0 Å². The van der Waals surface area contributed by atoms with Crippen molar-refractivity contribution in [1.82, 2.24) is 9.55 Å². The zero-order chi connectivity index (χ0) is 9.26. The summed E-state index contributed by atoms with van der Waals surface area (Å²) in [5.74, 6) is 1.10. The molecule has 0 spiro atoms. The highest BCUT2D eigenvalue weighted by Gasteiger charge is 2.14. The van der Waals surface area contributed by atoms with Crippen molar-refractivity contribution in [1.29, 1.82) is 0 Å². The molecular weight excluding hydrogens is 164 g/mol. The lowest BCUT2D eigenvalue weighted by Crippen LogP contribution is -2.08. The molecule has 0 saturated heterocycles. The van der Waals surface area contributed by atoms with E-state index in [4.69, 9.17) is 0 Å². The topological polar surface area (TPSA) is 38.0 Å². The molecule has 13 heavy (non-hydrogen) atoms. The smallest absolute Gasteiger partial charge is 0.115 e. The fraction of sp³-hybridized carbons (Fsp3) is 0.500. The Bertz CT molecular complexity index is 293. The van der Waals surface area contributed by atoms with E-state index in [0.29, 0.717) is 0 Å². The standard InChI is InChI=1S/C10H14N2O/c1-2-9(13)8-7-12-6-4-3-5-10(12)11-8/h2,7,9,13H,1,3-6H2. The number of aliphatic hydroxyl groups is 1. The van der Waals surface area contributed by atoms with Gasteiger partial charge in [-0.15, -0.1) is 6.58 Å². The highest BCUT2D eigenvalue weighted by Crippen LogP contribution is 2.18. The molecule has 1 aromatic heterocycles. The minimum atomic E-state index is -0.613. The van der Waals surface area contributed by atoms with E-state index in [1.165, 1.54) is 18.9 Å². The summed E-state index contributed by atoms with van der Waals surface area (Å²) in [6.07, 6.45) is 6.28. The second-order valence-corrected chi connectivity index (χ2v) is 3.41. The molecule has 2 rings (SSSR count). The highest BCUT2D eigenvalue weighted by atomic mass is 16.3. The predicted molar refractivity (Wildman–Crippen MR) is 50.3 cm³/mol. The van der Waals surface area contributed by atoms with E-state index in [2.05, 4.69) is 16.1 Å². The van der Waals surface area contributed by atoms with Crippen molar-refractivity contribution in [3.63, 3.8) is 0 Å². The molecule has 1 aliphatic heterocycles. The maximum Gasteiger partial charge on any atom is 0.115 e. The predicted octanol–water partition coefficient (Wildman–Crippen LogP) is 1.44. The normalized spacial score (nSPS) is 17.9. The molecule has 1 N–H and O–H groups in total. The van der Waals surface area contributed by atoms with Crippen molar-refractivity contribution in [2.45, 2.75) is 31.9 Å². The highest BCUT2D eigenvalue weighted by molar-refractivity contribution is 5.12. The van der Waals surface area contributed by atoms with Crippen molar-refractivity contribution in [2.24, 2.45) is 0 Å². The molecule has 70 valence electrons. The number of imidazole rings is 1. The molecule has 0 saturated carbocycles. The van der Waals surface area contributed by atoms with Gasteiger partial charge in [-0.3, -0.25) is 0 Å². The van der Waals surface area contributed by atoms with Crippen LogP contribution in [0.4, 0.5) is 0 Å². The van der Waals surface area contributed by atoms with Crippen molar-refractivity contribution < 1.29 is 5.11 Å². The lowest BCUT2D eigenvalue weighted by molar-refractivity contribution is 0.224. The SMILES string of the molecule is C=CC(O)c1cn2c(n1)CCCC2.